The van der Waals surface area contributed by atoms with Crippen LogP contribution >= 0.6 is 0 Å². The van der Waals surface area contributed by atoms with E-state index >= 15 is 0 Å². The molecule has 1 rings (SSSR count). The van der Waals surface area contributed by atoms with Gasteiger partial charge >= 0.3 is 0 Å². The van der Waals surface area contributed by atoms with Gasteiger partial charge in [0, 0.05) is 0 Å². The summed E-state index contributed by atoms with van der Waals surface area (Å²) in [6, 6.07) is 0. The van der Waals surface area contributed by atoms with Crippen molar-refractivity contribution in [1.29, 1.82) is 0 Å². The smallest absolute Gasteiger partial charge is 0.0804 e. The second kappa shape index (κ2) is 1.22. The van der Waals surface area contributed by atoms with Crippen LogP contribution in [0.1, 0.15) is 19.8 Å². The fraction of sp³-hybridized carbons (Fsp3) is 0.800. The van der Waals surface area contributed by atoms with Gasteiger partial charge in [-0.05, 0) is 19.8 Å². The van der Waals surface area contributed by atoms with Gasteiger partial charge in [-0.2, -0.15) is 0 Å². The molecule has 0 aliphatic heterocycles. The minimum atomic E-state index is 0.245. The maximum atomic E-state index is 5.06. The second-order valence-corrected chi connectivity index (χ2v) is 2.28. The molecule has 0 radical (unpaired) electrons. The molecule has 0 aromatic rings. The Morgan fingerprint density at radius 2 is 2.29 bits per heavy atom. The Bertz CT molecular complexity index is 92.3. The van der Waals surface area contributed by atoms with E-state index in [1.807, 2.05) is 0 Å². The third-order valence-electron chi connectivity index (χ3n) is 1.36. The molecule has 1 aliphatic rings. The highest BCUT2D eigenvalue weighted by Gasteiger charge is 2.35. The molecule has 0 heterocycles. The number of hydrogen-bond acceptors (Lipinski definition) is 1. The summed E-state index contributed by atoms with van der Waals surface area (Å²) in [4.78, 5) is 4.02. The van der Waals surface area contributed by atoms with E-state index in [1.54, 1.807) is 0 Å². The van der Waals surface area contributed by atoms with Crippen molar-refractivity contribution in [3.05, 3.63) is 0 Å². The minimum Gasteiger partial charge on any atom is -0.390 e. The first-order valence-electron chi connectivity index (χ1n) is 2.52. The van der Waals surface area contributed by atoms with E-state index in [2.05, 4.69) is 11.9 Å². The van der Waals surface area contributed by atoms with Crippen LogP contribution in [0.5, 0.6) is 0 Å². The van der Waals surface area contributed by atoms with Crippen LogP contribution in [-0.2, 0) is 0 Å². The van der Waals surface area contributed by atoms with Crippen molar-refractivity contribution < 1.29 is 0 Å². The molecule has 0 bridgehead atoms. The molecule has 2 N–H and O–H groups in total. The summed E-state index contributed by atoms with van der Waals surface area (Å²) >= 11 is 0. The molecule has 40 valence electrons. The van der Waals surface area contributed by atoms with Crippen molar-refractivity contribution >= 4 is 6.34 Å². The molecule has 1 aliphatic carbocycles. The highest BCUT2D eigenvalue weighted by molar-refractivity contribution is 5.52. The normalized spacial score (nSPS) is 25.9. The maximum absolute atomic E-state index is 5.06. The van der Waals surface area contributed by atoms with E-state index in [0.29, 0.717) is 0 Å². The van der Waals surface area contributed by atoms with Crippen LogP contribution in [-0.4, -0.2) is 11.9 Å². The van der Waals surface area contributed by atoms with Crippen LogP contribution in [0.25, 0.3) is 0 Å². The SMILES string of the molecule is CC1(N=CN)CC1. The predicted octanol–water partition coefficient (Wildman–Crippen LogP) is 0.526. The van der Waals surface area contributed by atoms with Gasteiger partial charge in [0.05, 0.1) is 11.9 Å². The van der Waals surface area contributed by atoms with Gasteiger partial charge in [0.15, 0.2) is 0 Å². The molecule has 0 amide bonds. The molecule has 0 atom stereocenters. The Morgan fingerprint density at radius 3 is 2.43 bits per heavy atom. The number of nitrogens with zero attached hydrogens (tertiary/aromatic N) is 1. The van der Waals surface area contributed by atoms with Gasteiger partial charge in [0.1, 0.15) is 0 Å². The van der Waals surface area contributed by atoms with Gasteiger partial charge in [-0.25, -0.2) is 0 Å². The third-order valence-corrected chi connectivity index (χ3v) is 1.36. The van der Waals surface area contributed by atoms with Gasteiger partial charge in [-0.1, -0.05) is 0 Å². The molecule has 0 spiro atoms. The van der Waals surface area contributed by atoms with Gasteiger partial charge in [0.25, 0.3) is 0 Å². The molecule has 0 aromatic carbocycles. The first-order valence-corrected chi connectivity index (χ1v) is 2.52. The first kappa shape index (κ1) is 4.62. The van der Waals surface area contributed by atoms with E-state index in [4.69, 9.17) is 5.73 Å². The van der Waals surface area contributed by atoms with Crippen molar-refractivity contribution in [2.45, 2.75) is 25.3 Å². The third kappa shape index (κ3) is 0.918. The van der Waals surface area contributed by atoms with Crippen LogP contribution < -0.4 is 5.73 Å². The largest absolute Gasteiger partial charge is 0.390 e. The summed E-state index contributed by atoms with van der Waals surface area (Å²) in [5.41, 5.74) is 5.31. The van der Waals surface area contributed by atoms with Gasteiger partial charge in [0.2, 0.25) is 0 Å². The number of hydrogen-bond donors (Lipinski definition) is 1. The van der Waals surface area contributed by atoms with Gasteiger partial charge < -0.3 is 5.73 Å². The van der Waals surface area contributed by atoms with Crippen LogP contribution in [0.4, 0.5) is 0 Å². The second-order valence-electron chi connectivity index (χ2n) is 2.28. The Hall–Kier alpha value is -0.530. The average Bonchev–Trinajstić information content (AvgIpc) is 2.22. The topological polar surface area (TPSA) is 38.4 Å². The molecule has 0 saturated heterocycles. The van der Waals surface area contributed by atoms with E-state index in [0.717, 1.165) is 0 Å². The number of aliphatic imine (C=N–C) groups is 1. The lowest BCUT2D eigenvalue weighted by atomic mass is 10.4. The monoisotopic (exact) mass is 98.1 g/mol. The molecule has 7 heavy (non-hydrogen) atoms. The average molecular weight is 98.1 g/mol. The van der Waals surface area contributed by atoms with E-state index in [-0.39, 0.29) is 5.54 Å². The van der Waals surface area contributed by atoms with Gasteiger partial charge in [-0.3, -0.25) is 4.99 Å². The van der Waals surface area contributed by atoms with Crippen LogP contribution in [0, 0.1) is 0 Å². The molecule has 2 heteroatoms. The summed E-state index contributed by atoms with van der Waals surface area (Å²) in [5.74, 6) is 0. The van der Waals surface area contributed by atoms with Gasteiger partial charge in [-0.15, -0.1) is 0 Å². The summed E-state index contributed by atoms with van der Waals surface area (Å²) < 4.78 is 0. The molecular formula is C5H10N2. The van der Waals surface area contributed by atoms with E-state index < -0.39 is 0 Å². The predicted molar refractivity (Wildman–Crippen MR) is 30.3 cm³/mol. The quantitative estimate of drug-likeness (QED) is 0.377. The highest BCUT2D eigenvalue weighted by atomic mass is 14.9. The van der Waals surface area contributed by atoms with E-state index in [1.165, 1.54) is 19.2 Å². The lowest BCUT2D eigenvalue weighted by Gasteiger charge is -1.93. The molecule has 0 unspecified atom stereocenters. The molecule has 1 fully saturated rings. The summed E-state index contributed by atoms with van der Waals surface area (Å²) in [6.45, 7) is 2.11. The summed E-state index contributed by atoms with van der Waals surface area (Å²) in [5, 5.41) is 0. The Kier molecular flexibility index (Phi) is 0.805. The van der Waals surface area contributed by atoms with Crippen molar-refractivity contribution in [1.82, 2.24) is 0 Å². The van der Waals surface area contributed by atoms with Crippen LogP contribution in [0.15, 0.2) is 4.99 Å². The highest BCUT2D eigenvalue weighted by Crippen LogP contribution is 2.38. The number of nitrogens with two attached hydrogens (primary N) is 1. The van der Waals surface area contributed by atoms with Crippen molar-refractivity contribution in [3.8, 4) is 0 Å². The fourth-order valence-corrected chi connectivity index (χ4v) is 0.490. The molecular weight excluding hydrogens is 88.1 g/mol. The Morgan fingerprint density at radius 1 is 1.71 bits per heavy atom. The Balaban J connectivity index is 2.40. The zero-order valence-electron chi connectivity index (χ0n) is 4.52. The minimum absolute atomic E-state index is 0.245. The Labute approximate surface area is 43.4 Å². The zero-order chi connectivity index (χ0) is 5.33. The molecule has 0 aromatic heterocycles. The molecule has 1 saturated carbocycles. The van der Waals surface area contributed by atoms with Crippen molar-refractivity contribution in [3.63, 3.8) is 0 Å². The lowest BCUT2D eigenvalue weighted by Crippen LogP contribution is -1.99. The lowest BCUT2D eigenvalue weighted by molar-refractivity contribution is 0.768. The summed E-state index contributed by atoms with van der Waals surface area (Å²) in [6.07, 6.45) is 3.81. The van der Waals surface area contributed by atoms with Crippen LogP contribution in [0.3, 0.4) is 0 Å². The molecule has 2 nitrogen and oxygen atoms in total. The zero-order valence-corrected chi connectivity index (χ0v) is 4.52. The van der Waals surface area contributed by atoms with E-state index in [9.17, 15) is 0 Å². The van der Waals surface area contributed by atoms with Crippen molar-refractivity contribution in [2.24, 2.45) is 10.7 Å². The maximum Gasteiger partial charge on any atom is 0.0804 e. The summed E-state index contributed by atoms with van der Waals surface area (Å²) in [7, 11) is 0. The van der Waals surface area contributed by atoms with Crippen molar-refractivity contribution in [2.75, 3.05) is 0 Å². The fourth-order valence-electron chi connectivity index (χ4n) is 0.490. The number of rotatable bonds is 1. The standard InChI is InChI=1S/C5H10N2/c1-5(2-3-5)7-4-6/h4H,2-3H2,1H3,(H2,6,7). The van der Waals surface area contributed by atoms with Crippen LogP contribution in [0.2, 0.25) is 0 Å². The first-order chi connectivity index (χ1) is 3.27.